The van der Waals surface area contributed by atoms with Crippen molar-refractivity contribution in [2.75, 3.05) is 50.1 Å². The van der Waals surface area contributed by atoms with Crippen LogP contribution < -0.4 is 15.0 Å². The van der Waals surface area contributed by atoms with Gasteiger partial charge < -0.3 is 15.0 Å². The number of methoxy groups -OCH3 is 1. The summed E-state index contributed by atoms with van der Waals surface area (Å²) in [6.45, 7) is 6.56. The lowest BCUT2D eigenvalue weighted by molar-refractivity contribution is 0.249. The van der Waals surface area contributed by atoms with E-state index in [9.17, 15) is 8.42 Å². The van der Waals surface area contributed by atoms with Crippen LogP contribution in [0.15, 0.2) is 102 Å². The van der Waals surface area contributed by atoms with Gasteiger partial charge >= 0.3 is 0 Å². The van der Waals surface area contributed by atoms with Crippen molar-refractivity contribution in [3.05, 3.63) is 108 Å². The molecule has 0 aliphatic carbocycles. The molecule has 0 saturated carbocycles. The van der Waals surface area contributed by atoms with Gasteiger partial charge in [0.05, 0.1) is 17.7 Å². The van der Waals surface area contributed by atoms with E-state index in [1.165, 1.54) is 17.7 Å². The first-order valence-electron chi connectivity index (χ1n) is 13.4. The van der Waals surface area contributed by atoms with Crippen LogP contribution in [0.25, 0.3) is 0 Å². The van der Waals surface area contributed by atoms with Gasteiger partial charge in [-0.3, -0.25) is 10.3 Å². The molecule has 1 saturated heterocycles. The third kappa shape index (κ3) is 8.10. The predicted molar refractivity (Wildman–Crippen MR) is 170 cm³/mol. The average Bonchev–Trinajstić information content (AvgIpc) is 3.02. The van der Waals surface area contributed by atoms with Crippen molar-refractivity contribution in [1.29, 1.82) is 5.41 Å². The average molecular weight is 571 g/mol. The third-order valence-corrected chi connectivity index (χ3v) is 8.35. The fourth-order valence-corrected chi connectivity index (χ4v) is 5.80. The van der Waals surface area contributed by atoms with Crippen molar-refractivity contribution in [1.82, 2.24) is 4.90 Å². The number of rotatable bonds is 10. The summed E-state index contributed by atoms with van der Waals surface area (Å²) in [7, 11) is -2.40. The van der Waals surface area contributed by atoms with Gasteiger partial charge in [0, 0.05) is 56.6 Å². The standard InChI is InChI=1S/C31H36N4O3S.C2H2/c1-3-4-5-12-17-33-28-23-30(38-2)29(22-27(28)31(32)39(36,37)26-15-10-7-11-16-26)35-20-18-34(19-21-35)24-25-13-8-6-9-14-25;1-2/h3-16,22-23,32-33H,17-21,24H2,1-2H3;1-2H/b4-3-,12-5-,32-31?;. The highest BCUT2D eigenvalue weighted by Crippen LogP contribution is 2.36. The Morgan fingerprint density at radius 3 is 2.22 bits per heavy atom. The van der Waals surface area contributed by atoms with Crippen LogP contribution in [0.5, 0.6) is 5.75 Å². The largest absolute Gasteiger partial charge is 0.495 e. The number of terminal acetylenes is 1. The second-order valence-electron chi connectivity index (χ2n) is 9.30. The molecule has 0 radical (unpaired) electrons. The topological polar surface area (TPSA) is 85.7 Å². The molecule has 0 spiro atoms. The molecule has 0 amide bonds. The second-order valence-corrected chi connectivity index (χ2v) is 11.2. The maximum atomic E-state index is 13.4. The van der Waals surface area contributed by atoms with E-state index in [-0.39, 0.29) is 4.90 Å². The Labute approximate surface area is 244 Å². The van der Waals surface area contributed by atoms with E-state index in [2.05, 4.69) is 52.2 Å². The molecule has 2 N–H and O–H groups in total. The number of benzene rings is 3. The van der Waals surface area contributed by atoms with Gasteiger partial charge in [0.25, 0.3) is 0 Å². The van der Waals surface area contributed by atoms with Crippen LogP contribution in [0.4, 0.5) is 11.4 Å². The first-order chi connectivity index (χ1) is 19.9. The van der Waals surface area contributed by atoms with Crippen molar-refractivity contribution in [2.24, 2.45) is 0 Å². The minimum Gasteiger partial charge on any atom is -0.495 e. The lowest BCUT2D eigenvalue weighted by Gasteiger charge is -2.37. The highest BCUT2D eigenvalue weighted by atomic mass is 32.2. The number of hydrogen-bond acceptors (Lipinski definition) is 7. The summed E-state index contributed by atoms with van der Waals surface area (Å²) in [4.78, 5) is 4.72. The molecule has 8 heteroatoms. The number of allylic oxidation sites excluding steroid dienone is 3. The Kier molecular flexibility index (Phi) is 11.8. The Morgan fingerprint density at radius 2 is 1.61 bits per heavy atom. The second kappa shape index (κ2) is 15.5. The van der Waals surface area contributed by atoms with Crippen molar-refractivity contribution in [2.45, 2.75) is 18.4 Å². The van der Waals surface area contributed by atoms with Gasteiger partial charge in [-0.2, -0.15) is 0 Å². The molecule has 0 atom stereocenters. The van der Waals surface area contributed by atoms with Crippen molar-refractivity contribution in [3.8, 4) is 18.6 Å². The highest BCUT2D eigenvalue weighted by molar-refractivity contribution is 8.06. The maximum Gasteiger partial charge on any atom is 0.223 e. The number of nitrogens with one attached hydrogen (secondary N) is 2. The summed E-state index contributed by atoms with van der Waals surface area (Å²) in [6.07, 6.45) is 15.7. The van der Waals surface area contributed by atoms with Crippen LogP contribution in [-0.4, -0.2) is 58.2 Å². The normalized spacial score (nSPS) is 14.0. The van der Waals surface area contributed by atoms with Crippen LogP contribution in [0.1, 0.15) is 18.1 Å². The van der Waals surface area contributed by atoms with Crippen LogP contribution in [0.3, 0.4) is 0 Å². The molecular weight excluding hydrogens is 532 g/mol. The fourth-order valence-electron chi connectivity index (χ4n) is 4.59. The van der Waals surface area contributed by atoms with Gasteiger partial charge in [-0.15, -0.1) is 12.8 Å². The van der Waals surface area contributed by atoms with Crippen molar-refractivity contribution < 1.29 is 13.2 Å². The van der Waals surface area contributed by atoms with Crippen LogP contribution >= 0.6 is 0 Å². The van der Waals surface area contributed by atoms with Crippen molar-refractivity contribution in [3.63, 3.8) is 0 Å². The Balaban J connectivity index is 0.00000226. The molecule has 41 heavy (non-hydrogen) atoms. The summed E-state index contributed by atoms with van der Waals surface area (Å²) in [5, 5.41) is 11.7. The zero-order chi connectivity index (χ0) is 29.7. The molecule has 1 fully saturated rings. The van der Waals surface area contributed by atoms with E-state index >= 15 is 0 Å². The van der Waals surface area contributed by atoms with Crippen molar-refractivity contribution >= 4 is 26.3 Å². The molecule has 1 aliphatic heterocycles. The summed E-state index contributed by atoms with van der Waals surface area (Å²) < 4.78 is 32.6. The first kappa shape index (κ1) is 31.2. The van der Waals surface area contributed by atoms with Crippen LogP contribution in [0, 0.1) is 18.3 Å². The highest BCUT2D eigenvalue weighted by Gasteiger charge is 2.28. The zero-order valence-electron chi connectivity index (χ0n) is 23.7. The Bertz CT molecular complexity index is 1460. The Hall–Kier alpha value is -4.32. The molecule has 0 bridgehead atoms. The van der Waals surface area contributed by atoms with E-state index < -0.39 is 14.9 Å². The fraction of sp³-hybridized carbons (Fsp3) is 0.242. The van der Waals surface area contributed by atoms with E-state index in [0.717, 1.165) is 38.4 Å². The molecule has 7 nitrogen and oxygen atoms in total. The molecule has 4 rings (SSSR count). The number of hydrogen-bond donors (Lipinski definition) is 2. The summed E-state index contributed by atoms with van der Waals surface area (Å²) in [5.74, 6) is 0.639. The zero-order valence-corrected chi connectivity index (χ0v) is 24.5. The summed E-state index contributed by atoms with van der Waals surface area (Å²) in [5.41, 5.74) is 2.92. The minimum absolute atomic E-state index is 0.0980. The number of nitrogens with zero attached hydrogens (tertiary/aromatic N) is 2. The van der Waals surface area contributed by atoms with Crippen LogP contribution in [0.2, 0.25) is 0 Å². The van der Waals surface area contributed by atoms with Gasteiger partial charge in [0.15, 0.2) is 5.04 Å². The molecular formula is C33H38N4O3S. The first-order valence-corrected chi connectivity index (χ1v) is 14.9. The number of ether oxygens (including phenoxy) is 1. The monoisotopic (exact) mass is 570 g/mol. The number of piperazine rings is 1. The Morgan fingerprint density at radius 1 is 0.976 bits per heavy atom. The molecule has 1 heterocycles. The smallest absolute Gasteiger partial charge is 0.223 e. The number of anilines is 2. The predicted octanol–water partition coefficient (Wildman–Crippen LogP) is 5.61. The molecule has 0 unspecified atom stereocenters. The lowest BCUT2D eigenvalue weighted by Crippen LogP contribution is -2.46. The molecule has 3 aromatic rings. The molecule has 1 aliphatic rings. The van der Waals surface area contributed by atoms with E-state index in [4.69, 9.17) is 10.1 Å². The van der Waals surface area contributed by atoms with E-state index in [0.29, 0.717) is 23.5 Å². The minimum atomic E-state index is -4.02. The van der Waals surface area contributed by atoms with E-state index in [1.807, 2.05) is 37.3 Å². The lowest BCUT2D eigenvalue weighted by atomic mass is 10.1. The van der Waals surface area contributed by atoms with Gasteiger partial charge in [-0.1, -0.05) is 72.8 Å². The summed E-state index contributed by atoms with van der Waals surface area (Å²) >= 11 is 0. The summed E-state index contributed by atoms with van der Waals surface area (Å²) in [6, 6.07) is 22.1. The third-order valence-electron chi connectivity index (χ3n) is 6.70. The van der Waals surface area contributed by atoms with Crippen LogP contribution in [-0.2, 0) is 16.4 Å². The molecule has 0 aromatic heterocycles. The van der Waals surface area contributed by atoms with Gasteiger partial charge in [0.1, 0.15) is 5.75 Å². The molecule has 3 aromatic carbocycles. The van der Waals surface area contributed by atoms with Gasteiger partial charge in [-0.05, 0) is 30.7 Å². The van der Waals surface area contributed by atoms with Gasteiger partial charge in [-0.25, -0.2) is 8.42 Å². The quantitative estimate of drug-likeness (QED) is 0.143. The van der Waals surface area contributed by atoms with E-state index in [1.54, 1.807) is 37.4 Å². The number of sulfone groups is 1. The molecule has 214 valence electrons. The SMILES string of the molecule is C#C.C/C=C\C=C/CNc1cc(OC)c(N2CCN(Cc3ccccc3)CC2)cc1C(=N)S(=O)(=O)c1ccccc1. The van der Waals surface area contributed by atoms with Gasteiger partial charge in [0.2, 0.25) is 9.84 Å². The maximum absolute atomic E-state index is 13.4.